The number of nitrogens with zero attached hydrogens (tertiary/aromatic N) is 6. The smallest absolute Gasteiger partial charge is 0.386 e. The van der Waals surface area contributed by atoms with Gasteiger partial charge in [-0.25, -0.2) is 14.3 Å². The number of rotatable bonds is 4. The van der Waals surface area contributed by atoms with E-state index in [-0.39, 0.29) is 11.9 Å². The molecule has 0 saturated carbocycles. The molecule has 2 atom stereocenters. The van der Waals surface area contributed by atoms with Crippen LogP contribution in [0.1, 0.15) is 24.8 Å². The van der Waals surface area contributed by atoms with E-state index in [1.54, 1.807) is 7.05 Å². The Hall–Kier alpha value is -2.78. The summed E-state index contributed by atoms with van der Waals surface area (Å²) in [6.07, 6.45) is 2.95. The zero-order valence-electron chi connectivity index (χ0n) is 18.8. The molecule has 2 unspecified atom stereocenters. The van der Waals surface area contributed by atoms with Crippen LogP contribution in [0.4, 0.5) is 10.5 Å². The van der Waals surface area contributed by atoms with Crippen molar-refractivity contribution in [3.8, 4) is 0 Å². The van der Waals surface area contributed by atoms with Crippen LogP contribution in [0.2, 0.25) is 0 Å². The number of β-amino-alcohol motifs (C(OH)–C–C–N with tert-alkyl or cyclic N) is 1. The van der Waals surface area contributed by atoms with Gasteiger partial charge in [0.05, 0.1) is 6.54 Å². The Morgan fingerprint density at radius 2 is 1.94 bits per heavy atom. The van der Waals surface area contributed by atoms with Gasteiger partial charge in [0.1, 0.15) is 18.3 Å². The summed E-state index contributed by atoms with van der Waals surface area (Å²) in [5.74, 6) is 0.805. The number of hydrogen-bond donors (Lipinski definition) is 1. The average molecular weight is 440 g/mol. The highest BCUT2D eigenvalue weighted by atomic mass is 16.3. The summed E-state index contributed by atoms with van der Waals surface area (Å²) < 4.78 is 1.85. The minimum absolute atomic E-state index is 0.253. The van der Waals surface area contributed by atoms with Gasteiger partial charge in [-0.05, 0) is 50.6 Å². The predicted octanol–water partition coefficient (Wildman–Crippen LogP) is 0.705. The van der Waals surface area contributed by atoms with E-state index >= 15 is 0 Å². The van der Waals surface area contributed by atoms with Gasteiger partial charge < -0.3 is 10.0 Å². The van der Waals surface area contributed by atoms with Gasteiger partial charge in [0, 0.05) is 20.1 Å². The monoisotopic (exact) mass is 439 g/mol. The quantitative estimate of drug-likeness (QED) is 0.699. The van der Waals surface area contributed by atoms with E-state index in [4.69, 9.17) is 4.99 Å². The van der Waals surface area contributed by atoms with Crippen LogP contribution in [0.25, 0.3) is 0 Å². The van der Waals surface area contributed by atoms with E-state index < -0.39 is 12.1 Å². The van der Waals surface area contributed by atoms with E-state index in [1.165, 1.54) is 29.1 Å². The summed E-state index contributed by atoms with van der Waals surface area (Å²) in [4.78, 5) is 38.4. The molecule has 1 aromatic rings. The number of carbonyl (C=O) groups excluding carboxylic acids is 2. The maximum Gasteiger partial charge on any atom is 0.397 e. The number of likely N-dealkylation sites (N-methyl/N-ethyl adjacent to an activating group) is 1. The van der Waals surface area contributed by atoms with Crippen molar-refractivity contribution in [3.63, 3.8) is 0 Å². The maximum absolute atomic E-state index is 13.5. The van der Waals surface area contributed by atoms with Crippen LogP contribution < -0.4 is 4.90 Å². The van der Waals surface area contributed by atoms with Crippen molar-refractivity contribution in [3.05, 3.63) is 29.8 Å². The number of hydrogen-bond acceptors (Lipinski definition) is 6. The van der Waals surface area contributed by atoms with Crippen LogP contribution in [0.3, 0.4) is 0 Å². The zero-order valence-corrected chi connectivity index (χ0v) is 18.8. The molecule has 0 bridgehead atoms. The van der Waals surface area contributed by atoms with Crippen LogP contribution in [-0.4, -0.2) is 107 Å². The van der Waals surface area contributed by atoms with E-state index in [1.807, 2.05) is 40.7 Å². The minimum atomic E-state index is -0.684. The van der Waals surface area contributed by atoms with Crippen molar-refractivity contribution in [2.24, 2.45) is 4.99 Å². The molecule has 1 N–H and O–H groups in total. The number of aryl methyl sites for hydroxylation is 1. The van der Waals surface area contributed by atoms with Gasteiger partial charge in [-0.15, -0.1) is 0 Å². The molecule has 9 heteroatoms. The highest BCUT2D eigenvalue weighted by Gasteiger charge is 2.55. The summed E-state index contributed by atoms with van der Waals surface area (Å²) in [5.41, 5.74) is 2.01. The number of likely N-dealkylation sites (tertiary alicyclic amines) is 1. The topological polar surface area (TPSA) is 82.7 Å². The third-order valence-electron chi connectivity index (χ3n) is 6.83. The van der Waals surface area contributed by atoms with E-state index in [9.17, 15) is 14.7 Å². The number of fused-ring (bicyclic) bond motifs is 2. The maximum atomic E-state index is 13.5. The van der Waals surface area contributed by atoms with Crippen molar-refractivity contribution in [1.29, 1.82) is 0 Å². The second-order valence-electron chi connectivity index (χ2n) is 9.16. The molecule has 2 fully saturated rings. The lowest BCUT2D eigenvalue weighted by atomic mass is 10.1. The molecule has 0 spiro atoms. The van der Waals surface area contributed by atoms with Crippen LogP contribution in [0.5, 0.6) is 0 Å². The van der Waals surface area contributed by atoms with Gasteiger partial charge in [-0.1, -0.05) is 23.5 Å². The first-order valence-electron chi connectivity index (χ1n) is 11.5. The number of anilines is 1. The van der Waals surface area contributed by atoms with E-state index in [0.717, 1.165) is 24.3 Å². The minimum Gasteiger partial charge on any atom is -0.386 e. The number of piperidine rings is 1. The van der Waals surface area contributed by atoms with Crippen molar-refractivity contribution in [1.82, 2.24) is 14.7 Å². The van der Waals surface area contributed by atoms with Crippen LogP contribution in [0, 0.1) is 6.92 Å². The van der Waals surface area contributed by atoms with Gasteiger partial charge in [-0.3, -0.25) is 14.6 Å². The van der Waals surface area contributed by atoms with Crippen LogP contribution >= 0.6 is 0 Å². The normalized spacial score (nSPS) is 26.5. The average Bonchev–Trinajstić information content (AvgIpc) is 3.17. The highest BCUT2D eigenvalue weighted by molar-refractivity contribution is 6.24. The van der Waals surface area contributed by atoms with E-state index in [0.29, 0.717) is 38.0 Å². The first-order valence-corrected chi connectivity index (χ1v) is 11.5. The molecule has 0 radical (unpaired) electrons. The second kappa shape index (κ2) is 8.29. The summed E-state index contributed by atoms with van der Waals surface area (Å²) in [5, 5.41) is 10.6. The molecular formula is C23H31N6O3+. The Balaban J connectivity index is 1.44. The molecule has 5 rings (SSSR count). The number of carbonyl (C=O) groups is 2. The molecule has 0 aromatic heterocycles. The van der Waals surface area contributed by atoms with Crippen LogP contribution in [0.15, 0.2) is 29.3 Å². The van der Waals surface area contributed by atoms with Gasteiger partial charge >= 0.3 is 12.0 Å². The van der Waals surface area contributed by atoms with Crippen molar-refractivity contribution in [2.75, 3.05) is 51.2 Å². The highest BCUT2D eigenvalue weighted by Crippen LogP contribution is 2.27. The molecule has 1 aromatic carbocycles. The Bertz CT molecular complexity index is 999. The first-order chi connectivity index (χ1) is 15.4. The lowest BCUT2D eigenvalue weighted by molar-refractivity contribution is -0.547. The number of urea groups is 1. The second-order valence-corrected chi connectivity index (χ2v) is 9.16. The first kappa shape index (κ1) is 21.1. The van der Waals surface area contributed by atoms with Crippen molar-refractivity contribution in [2.45, 2.75) is 38.3 Å². The third-order valence-corrected chi connectivity index (χ3v) is 6.83. The Labute approximate surface area is 188 Å². The summed E-state index contributed by atoms with van der Waals surface area (Å²) in [6.45, 7) is 5.82. The lowest BCUT2D eigenvalue weighted by Gasteiger charge is -2.36. The van der Waals surface area contributed by atoms with Crippen molar-refractivity contribution < 1.29 is 19.3 Å². The molecule has 4 aliphatic rings. The Morgan fingerprint density at radius 3 is 2.69 bits per heavy atom. The van der Waals surface area contributed by atoms with Crippen molar-refractivity contribution >= 4 is 29.4 Å². The van der Waals surface area contributed by atoms with Gasteiger partial charge in [-0.2, -0.15) is 0 Å². The SMILES string of the molecule is Cc1cccc(N2CC(O)C[N+]3=C2N=C2C3C(=O)N(CCN3CCCCC3)C(=O)N2C)c1. The fourth-order valence-electron chi connectivity index (χ4n) is 5.13. The van der Waals surface area contributed by atoms with Gasteiger partial charge in [0.15, 0.2) is 0 Å². The predicted molar refractivity (Wildman–Crippen MR) is 121 cm³/mol. The number of aliphatic hydroxyl groups is 1. The molecule has 9 nitrogen and oxygen atoms in total. The summed E-state index contributed by atoms with van der Waals surface area (Å²) in [6, 6.07) is 6.98. The molecule has 170 valence electrons. The molecule has 4 aliphatic heterocycles. The number of aliphatic imine (C=N–C) groups is 1. The molecule has 0 aliphatic carbocycles. The number of amides is 3. The summed E-state index contributed by atoms with van der Waals surface area (Å²) in [7, 11) is 1.68. The fourth-order valence-corrected chi connectivity index (χ4v) is 5.13. The Kier molecular flexibility index (Phi) is 5.46. The molecule has 4 heterocycles. The Morgan fingerprint density at radius 1 is 1.16 bits per heavy atom. The molecule has 3 amide bonds. The van der Waals surface area contributed by atoms with Gasteiger partial charge in [0.2, 0.25) is 11.9 Å². The largest absolute Gasteiger partial charge is 0.397 e. The van der Waals surface area contributed by atoms with Crippen LogP contribution in [-0.2, 0) is 4.79 Å². The molecular weight excluding hydrogens is 408 g/mol. The standard InChI is InChI=1S/C23H31N6O3/c1-16-7-6-8-17(13-16)28-14-18(30)15-29-19-20(24-22(28)29)25(2)23(32)27(21(19)31)12-11-26-9-4-3-5-10-26/h6-8,13,18-19,30H,3-5,9-12,14-15H2,1-2H3/q+1. The number of aliphatic hydroxyl groups excluding tert-OH is 1. The number of amidine groups is 1. The van der Waals surface area contributed by atoms with E-state index in [2.05, 4.69) is 4.90 Å². The third kappa shape index (κ3) is 3.59. The lowest BCUT2D eigenvalue weighted by Crippen LogP contribution is -2.65. The fraction of sp³-hybridized carbons (Fsp3) is 0.565. The summed E-state index contributed by atoms with van der Waals surface area (Å²) >= 11 is 0. The number of benzene rings is 1. The zero-order chi connectivity index (χ0) is 22.4. The molecule has 2 saturated heterocycles. The number of guanidine groups is 1. The van der Waals surface area contributed by atoms with Gasteiger partial charge in [0.25, 0.3) is 5.91 Å². The molecule has 32 heavy (non-hydrogen) atoms. The number of imide groups is 1.